The van der Waals surface area contributed by atoms with Gasteiger partial charge in [0.05, 0.1) is 16.6 Å². The SMILES string of the molecule is O=c1cc(C2CCNCC2)n2nc3cccc(O)c3c2[nH]1. The molecule has 3 heterocycles. The van der Waals surface area contributed by atoms with Gasteiger partial charge in [-0.25, -0.2) is 4.52 Å². The first-order valence-electron chi connectivity index (χ1n) is 7.18. The third-order valence-corrected chi connectivity index (χ3v) is 4.20. The lowest BCUT2D eigenvalue weighted by molar-refractivity contribution is 0.446. The second-order valence-corrected chi connectivity index (χ2v) is 5.51. The molecular formula is C15H16N4O2. The van der Waals surface area contributed by atoms with Crippen LogP contribution in [-0.4, -0.2) is 32.8 Å². The summed E-state index contributed by atoms with van der Waals surface area (Å²) in [6.07, 6.45) is 1.97. The summed E-state index contributed by atoms with van der Waals surface area (Å²) in [7, 11) is 0. The van der Waals surface area contributed by atoms with E-state index in [0.29, 0.717) is 22.5 Å². The Morgan fingerprint density at radius 2 is 2.10 bits per heavy atom. The summed E-state index contributed by atoms with van der Waals surface area (Å²) in [6.45, 7) is 1.90. The highest BCUT2D eigenvalue weighted by molar-refractivity contribution is 5.97. The van der Waals surface area contributed by atoms with Crippen LogP contribution in [0.2, 0.25) is 0 Å². The number of nitrogens with one attached hydrogen (secondary N) is 2. The molecule has 1 aliphatic rings. The molecule has 6 heteroatoms. The molecule has 108 valence electrons. The van der Waals surface area contributed by atoms with Crippen LogP contribution in [0.1, 0.15) is 24.5 Å². The molecular weight excluding hydrogens is 268 g/mol. The van der Waals surface area contributed by atoms with Gasteiger partial charge in [0, 0.05) is 12.0 Å². The van der Waals surface area contributed by atoms with E-state index in [4.69, 9.17) is 0 Å². The molecule has 1 aromatic carbocycles. The number of aromatic hydroxyl groups is 1. The number of benzene rings is 1. The van der Waals surface area contributed by atoms with E-state index in [1.807, 2.05) is 6.07 Å². The number of fused-ring (bicyclic) bond motifs is 3. The largest absolute Gasteiger partial charge is 0.507 e. The van der Waals surface area contributed by atoms with Gasteiger partial charge >= 0.3 is 0 Å². The average molecular weight is 284 g/mol. The minimum absolute atomic E-state index is 0.139. The molecule has 0 unspecified atom stereocenters. The van der Waals surface area contributed by atoms with Crippen molar-refractivity contribution in [3.8, 4) is 5.75 Å². The van der Waals surface area contributed by atoms with Gasteiger partial charge in [-0.05, 0) is 38.1 Å². The Labute approximate surface area is 120 Å². The minimum atomic E-state index is -0.152. The first kappa shape index (κ1) is 12.4. The van der Waals surface area contributed by atoms with Crippen LogP contribution < -0.4 is 10.9 Å². The summed E-state index contributed by atoms with van der Waals surface area (Å²) in [5.41, 5.74) is 2.03. The molecule has 3 aromatic rings. The molecule has 1 fully saturated rings. The van der Waals surface area contributed by atoms with E-state index in [1.165, 1.54) is 0 Å². The number of rotatable bonds is 1. The van der Waals surface area contributed by atoms with Crippen LogP contribution in [0.4, 0.5) is 0 Å². The number of hydrogen-bond donors (Lipinski definition) is 3. The zero-order chi connectivity index (χ0) is 14.4. The number of aromatic nitrogens is 3. The number of piperidine rings is 1. The lowest BCUT2D eigenvalue weighted by Gasteiger charge is -2.23. The molecule has 4 rings (SSSR count). The molecule has 3 N–H and O–H groups in total. The maximum atomic E-state index is 12.0. The van der Waals surface area contributed by atoms with Gasteiger partial charge in [-0.15, -0.1) is 0 Å². The molecule has 0 amide bonds. The third-order valence-electron chi connectivity index (χ3n) is 4.20. The van der Waals surface area contributed by atoms with Crippen molar-refractivity contribution in [2.24, 2.45) is 0 Å². The van der Waals surface area contributed by atoms with Crippen molar-refractivity contribution in [2.45, 2.75) is 18.8 Å². The van der Waals surface area contributed by atoms with Gasteiger partial charge in [0.25, 0.3) is 5.56 Å². The third kappa shape index (κ3) is 1.91. The van der Waals surface area contributed by atoms with Gasteiger partial charge in [0.15, 0.2) is 0 Å². The van der Waals surface area contributed by atoms with Gasteiger partial charge in [0.1, 0.15) is 11.4 Å². The van der Waals surface area contributed by atoms with E-state index in [9.17, 15) is 9.90 Å². The smallest absolute Gasteiger partial charge is 0.251 e. The Bertz CT molecular complexity index is 874. The summed E-state index contributed by atoms with van der Waals surface area (Å²) in [5.74, 6) is 0.452. The van der Waals surface area contributed by atoms with E-state index in [1.54, 1.807) is 22.7 Å². The highest BCUT2D eigenvalue weighted by atomic mass is 16.3. The van der Waals surface area contributed by atoms with Crippen molar-refractivity contribution < 1.29 is 5.11 Å². The van der Waals surface area contributed by atoms with E-state index in [-0.39, 0.29) is 11.3 Å². The number of nitrogens with zero attached hydrogens (tertiary/aromatic N) is 2. The molecule has 0 bridgehead atoms. The molecule has 0 saturated carbocycles. The summed E-state index contributed by atoms with van der Waals surface area (Å²) in [5, 5.41) is 18.6. The number of H-pyrrole nitrogens is 1. The normalized spacial score (nSPS) is 16.8. The summed E-state index contributed by atoms with van der Waals surface area (Å²) in [6, 6.07) is 6.84. The number of phenolic OH excluding ortho intramolecular Hbond substituents is 1. The molecule has 1 aliphatic heterocycles. The summed E-state index contributed by atoms with van der Waals surface area (Å²) in [4.78, 5) is 14.8. The van der Waals surface area contributed by atoms with Crippen molar-refractivity contribution in [1.29, 1.82) is 0 Å². The van der Waals surface area contributed by atoms with Gasteiger partial charge < -0.3 is 15.4 Å². The van der Waals surface area contributed by atoms with E-state index >= 15 is 0 Å². The lowest BCUT2D eigenvalue weighted by Crippen LogP contribution is -2.28. The quantitative estimate of drug-likeness (QED) is 0.630. The fraction of sp³-hybridized carbons (Fsp3) is 0.333. The first-order chi connectivity index (χ1) is 10.2. The Balaban J connectivity index is 2.05. The molecule has 6 nitrogen and oxygen atoms in total. The van der Waals surface area contributed by atoms with Crippen LogP contribution in [0.15, 0.2) is 29.1 Å². The van der Waals surface area contributed by atoms with Crippen molar-refractivity contribution in [3.63, 3.8) is 0 Å². The molecule has 0 radical (unpaired) electrons. The summed E-state index contributed by atoms with van der Waals surface area (Å²) < 4.78 is 1.78. The summed E-state index contributed by atoms with van der Waals surface area (Å²) >= 11 is 0. The van der Waals surface area contributed by atoms with Crippen LogP contribution in [0.5, 0.6) is 5.75 Å². The predicted octanol–water partition coefficient (Wildman–Crippen LogP) is 1.35. The second kappa shape index (κ2) is 4.60. The molecule has 2 aromatic heterocycles. The molecule has 0 spiro atoms. The van der Waals surface area contributed by atoms with Crippen LogP contribution in [0.25, 0.3) is 16.6 Å². The van der Waals surface area contributed by atoms with E-state index in [0.717, 1.165) is 31.6 Å². The maximum absolute atomic E-state index is 12.0. The number of aromatic amines is 1. The topological polar surface area (TPSA) is 82.4 Å². The number of phenols is 1. The Kier molecular flexibility index (Phi) is 2.71. The van der Waals surface area contributed by atoms with Gasteiger partial charge in [0.2, 0.25) is 0 Å². The molecule has 1 saturated heterocycles. The standard InChI is InChI=1S/C15H16N4O2/c20-12-3-1-2-10-14(12)15-17-13(21)8-11(19(15)18-10)9-4-6-16-7-5-9/h1-3,8-9,16,20H,4-7H2,(H,17,21). The van der Waals surface area contributed by atoms with E-state index < -0.39 is 0 Å². The van der Waals surface area contributed by atoms with Gasteiger partial charge in [-0.1, -0.05) is 6.07 Å². The van der Waals surface area contributed by atoms with Crippen molar-refractivity contribution in [2.75, 3.05) is 13.1 Å². The monoisotopic (exact) mass is 284 g/mol. The highest BCUT2D eigenvalue weighted by Gasteiger charge is 2.21. The Morgan fingerprint density at radius 1 is 1.29 bits per heavy atom. The minimum Gasteiger partial charge on any atom is -0.507 e. The molecule has 0 atom stereocenters. The highest BCUT2D eigenvalue weighted by Crippen LogP contribution is 2.30. The van der Waals surface area contributed by atoms with Gasteiger partial charge in [-0.2, -0.15) is 5.10 Å². The van der Waals surface area contributed by atoms with Crippen LogP contribution in [-0.2, 0) is 0 Å². The van der Waals surface area contributed by atoms with Crippen LogP contribution in [0, 0.1) is 0 Å². The lowest BCUT2D eigenvalue weighted by atomic mass is 9.94. The van der Waals surface area contributed by atoms with Crippen LogP contribution >= 0.6 is 0 Å². The van der Waals surface area contributed by atoms with Crippen molar-refractivity contribution >= 4 is 16.6 Å². The zero-order valence-electron chi connectivity index (χ0n) is 11.5. The second-order valence-electron chi connectivity index (χ2n) is 5.51. The molecule has 21 heavy (non-hydrogen) atoms. The fourth-order valence-electron chi connectivity index (χ4n) is 3.18. The number of hydrogen-bond acceptors (Lipinski definition) is 4. The van der Waals surface area contributed by atoms with Crippen molar-refractivity contribution in [3.05, 3.63) is 40.3 Å². The van der Waals surface area contributed by atoms with Gasteiger partial charge in [-0.3, -0.25) is 4.79 Å². The predicted molar refractivity (Wildman–Crippen MR) is 79.8 cm³/mol. The maximum Gasteiger partial charge on any atom is 0.251 e. The average Bonchev–Trinajstić information content (AvgIpc) is 2.87. The first-order valence-corrected chi connectivity index (χ1v) is 7.18. The van der Waals surface area contributed by atoms with Crippen LogP contribution in [0.3, 0.4) is 0 Å². The fourth-order valence-corrected chi connectivity index (χ4v) is 3.18. The zero-order valence-corrected chi connectivity index (χ0v) is 11.5. The molecule has 0 aliphatic carbocycles. The van der Waals surface area contributed by atoms with Crippen molar-refractivity contribution in [1.82, 2.24) is 19.9 Å². The Hall–Kier alpha value is -2.34. The van der Waals surface area contributed by atoms with E-state index in [2.05, 4.69) is 15.4 Å². The Morgan fingerprint density at radius 3 is 2.90 bits per heavy atom.